The Bertz CT molecular complexity index is 819. The first-order chi connectivity index (χ1) is 11.2. The van der Waals surface area contributed by atoms with Crippen LogP contribution in [-0.4, -0.2) is 17.5 Å². The fraction of sp³-hybridized carbons (Fsp3) is 0.105. The second-order valence-electron chi connectivity index (χ2n) is 5.00. The monoisotopic (exact) mass is 324 g/mol. The van der Waals surface area contributed by atoms with Gasteiger partial charge < -0.3 is 9.84 Å². The molecule has 0 saturated carbocycles. The van der Waals surface area contributed by atoms with Gasteiger partial charge >= 0.3 is 0 Å². The van der Waals surface area contributed by atoms with E-state index in [4.69, 9.17) is 4.74 Å². The van der Waals surface area contributed by atoms with Crippen LogP contribution in [0.3, 0.4) is 0 Å². The number of phenolic OH excluding ortho intramolecular Hbond substituents is 1. The van der Waals surface area contributed by atoms with Crippen molar-refractivity contribution in [1.29, 1.82) is 0 Å². The normalized spacial score (nSPS) is 10.5. The average Bonchev–Trinajstić information content (AvgIpc) is 3.05. The predicted molar refractivity (Wildman–Crippen MR) is 92.5 cm³/mol. The zero-order valence-electron chi connectivity index (χ0n) is 12.7. The van der Waals surface area contributed by atoms with Gasteiger partial charge in [0, 0.05) is 10.4 Å². The van der Waals surface area contributed by atoms with E-state index < -0.39 is 0 Å². The number of ether oxygens (including phenoxy) is 1. The molecular formula is C19H16O3S. The largest absolute Gasteiger partial charge is 0.508 e. The van der Waals surface area contributed by atoms with Gasteiger partial charge in [0.05, 0.1) is 11.5 Å². The summed E-state index contributed by atoms with van der Waals surface area (Å²) in [5, 5.41) is 9.50. The first-order valence-electron chi connectivity index (χ1n) is 7.34. The number of benzene rings is 2. The van der Waals surface area contributed by atoms with Crippen molar-refractivity contribution in [2.75, 3.05) is 6.61 Å². The first kappa shape index (κ1) is 15.3. The van der Waals surface area contributed by atoms with Gasteiger partial charge in [-0.15, -0.1) is 11.3 Å². The van der Waals surface area contributed by atoms with Crippen LogP contribution in [0.4, 0.5) is 0 Å². The summed E-state index contributed by atoms with van der Waals surface area (Å²) in [5.74, 6) is 0.853. The van der Waals surface area contributed by atoms with Crippen molar-refractivity contribution in [3.8, 4) is 21.9 Å². The van der Waals surface area contributed by atoms with Crippen LogP contribution in [0.2, 0.25) is 0 Å². The topological polar surface area (TPSA) is 46.5 Å². The summed E-state index contributed by atoms with van der Waals surface area (Å²) in [7, 11) is 0. The summed E-state index contributed by atoms with van der Waals surface area (Å²) in [6, 6.07) is 18.0. The third-order valence-corrected chi connectivity index (χ3v) is 4.52. The number of rotatable bonds is 5. The number of aromatic hydroxyl groups is 1. The number of thiophene rings is 1. The van der Waals surface area contributed by atoms with Crippen molar-refractivity contribution < 1.29 is 14.6 Å². The second kappa shape index (κ2) is 6.67. The number of carbonyl (C=O) groups excluding carboxylic acids is 1. The molecule has 0 aliphatic heterocycles. The Balaban J connectivity index is 1.84. The Morgan fingerprint density at radius 3 is 2.57 bits per heavy atom. The highest BCUT2D eigenvalue weighted by molar-refractivity contribution is 7.17. The van der Waals surface area contributed by atoms with Crippen LogP contribution in [0.15, 0.2) is 60.7 Å². The first-order valence-corrected chi connectivity index (χ1v) is 8.16. The highest BCUT2D eigenvalue weighted by Gasteiger charge is 2.13. The Labute approximate surface area is 138 Å². The van der Waals surface area contributed by atoms with Crippen LogP contribution >= 0.6 is 11.3 Å². The minimum Gasteiger partial charge on any atom is -0.508 e. The highest BCUT2D eigenvalue weighted by atomic mass is 32.1. The molecule has 0 aliphatic rings. The molecule has 0 saturated heterocycles. The van der Waals surface area contributed by atoms with Crippen LogP contribution in [0, 0.1) is 0 Å². The summed E-state index contributed by atoms with van der Waals surface area (Å²) in [6.45, 7) is 2.59. The van der Waals surface area contributed by atoms with Crippen molar-refractivity contribution in [3.05, 3.63) is 71.1 Å². The number of phenols is 1. The van der Waals surface area contributed by atoms with Crippen LogP contribution in [0.25, 0.3) is 10.4 Å². The molecule has 0 spiro atoms. The molecule has 0 unspecified atom stereocenters. The van der Waals surface area contributed by atoms with Gasteiger partial charge in [-0.05, 0) is 61.0 Å². The molecule has 3 nitrogen and oxygen atoms in total. The van der Waals surface area contributed by atoms with E-state index in [2.05, 4.69) is 0 Å². The maximum Gasteiger partial charge on any atom is 0.203 e. The lowest BCUT2D eigenvalue weighted by atomic mass is 10.1. The zero-order valence-corrected chi connectivity index (χ0v) is 13.5. The van der Waals surface area contributed by atoms with Crippen molar-refractivity contribution >= 4 is 17.1 Å². The molecule has 1 aromatic heterocycles. The van der Waals surface area contributed by atoms with Gasteiger partial charge in [0.1, 0.15) is 11.5 Å². The number of hydrogen-bond acceptors (Lipinski definition) is 4. The Kier molecular flexibility index (Phi) is 4.44. The van der Waals surface area contributed by atoms with Crippen molar-refractivity contribution in [3.63, 3.8) is 0 Å². The van der Waals surface area contributed by atoms with Gasteiger partial charge in [0.2, 0.25) is 5.78 Å². The summed E-state index contributed by atoms with van der Waals surface area (Å²) >= 11 is 1.44. The molecule has 3 rings (SSSR count). The minimum absolute atomic E-state index is 0.0805. The molecule has 116 valence electrons. The van der Waals surface area contributed by atoms with Crippen molar-refractivity contribution in [2.24, 2.45) is 0 Å². The summed E-state index contributed by atoms with van der Waals surface area (Å²) in [5.41, 5.74) is 1.54. The number of carbonyl (C=O) groups is 1. The van der Waals surface area contributed by atoms with E-state index in [9.17, 15) is 9.90 Å². The summed E-state index contributed by atoms with van der Waals surface area (Å²) in [4.78, 5) is 14.1. The van der Waals surface area contributed by atoms with Gasteiger partial charge in [-0.2, -0.15) is 0 Å². The van der Waals surface area contributed by atoms with Crippen molar-refractivity contribution in [2.45, 2.75) is 6.92 Å². The molecule has 0 fully saturated rings. The Hall–Kier alpha value is -2.59. The molecular weight excluding hydrogens is 308 g/mol. The molecule has 0 radical (unpaired) electrons. The summed E-state index contributed by atoms with van der Waals surface area (Å²) in [6.07, 6.45) is 0. The standard InChI is InChI=1S/C19H16O3S/c1-2-22-16-8-6-13(7-9-16)17-10-11-18(23-17)19(21)14-4-3-5-15(20)12-14/h3-12,20H,2H2,1H3. The SMILES string of the molecule is CCOc1ccc(-c2ccc(C(=O)c3cccc(O)c3)s2)cc1. The molecule has 0 atom stereocenters. The predicted octanol–water partition coefficient (Wildman–Crippen LogP) is 4.75. The van der Waals surface area contributed by atoms with Crippen LogP contribution in [0.5, 0.6) is 11.5 Å². The maximum absolute atomic E-state index is 12.5. The lowest BCUT2D eigenvalue weighted by molar-refractivity contribution is 0.104. The molecule has 1 heterocycles. The Morgan fingerprint density at radius 2 is 1.87 bits per heavy atom. The van der Waals surface area contributed by atoms with Gasteiger partial charge in [0.15, 0.2) is 0 Å². The fourth-order valence-corrected chi connectivity index (χ4v) is 3.26. The molecule has 1 N–H and O–H groups in total. The Morgan fingerprint density at radius 1 is 1.09 bits per heavy atom. The van der Waals surface area contributed by atoms with E-state index in [1.165, 1.54) is 17.4 Å². The van der Waals surface area contributed by atoms with Crippen LogP contribution in [0.1, 0.15) is 22.2 Å². The van der Waals surface area contributed by atoms with Crippen LogP contribution in [-0.2, 0) is 0 Å². The van der Waals surface area contributed by atoms with E-state index in [-0.39, 0.29) is 11.5 Å². The minimum atomic E-state index is -0.0805. The average molecular weight is 324 g/mol. The smallest absolute Gasteiger partial charge is 0.203 e. The second-order valence-corrected chi connectivity index (χ2v) is 6.08. The zero-order chi connectivity index (χ0) is 16.2. The molecule has 0 aliphatic carbocycles. The van der Waals surface area contributed by atoms with E-state index >= 15 is 0 Å². The molecule has 4 heteroatoms. The van der Waals surface area contributed by atoms with E-state index in [1.54, 1.807) is 18.2 Å². The summed E-state index contributed by atoms with van der Waals surface area (Å²) < 4.78 is 5.43. The quantitative estimate of drug-likeness (QED) is 0.689. The highest BCUT2D eigenvalue weighted by Crippen LogP contribution is 2.31. The van der Waals surface area contributed by atoms with Gasteiger partial charge in [-0.3, -0.25) is 4.79 Å². The third kappa shape index (κ3) is 3.43. The molecule has 0 bridgehead atoms. The van der Waals surface area contributed by atoms with E-state index in [0.29, 0.717) is 17.0 Å². The van der Waals surface area contributed by atoms with E-state index in [1.807, 2.05) is 43.3 Å². The number of hydrogen-bond donors (Lipinski definition) is 1. The van der Waals surface area contributed by atoms with Gasteiger partial charge in [-0.25, -0.2) is 0 Å². The lowest BCUT2D eigenvalue weighted by Crippen LogP contribution is -1.97. The van der Waals surface area contributed by atoms with E-state index in [0.717, 1.165) is 16.2 Å². The van der Waals surface area contributed by atoms with Crippen molar-refractivity contribution in [1.82, 2.24) is 0 Å². The number of ketones is 1. The van der Waals surface area contributed by atoms with Crippen LogP contribution < -0.4 is 4.74 Å². The molecule has 23 heavy (non-hydrogen) atoms. The third-order valence-electron chi connectivity index (χ3n) is 3.39. The molecule has 2 aromatic carbocycles. The lowest BCUT2D eigenvalue weighted by Gasteiger charge is -2.03. The maximum atomic E-state index is 12.5. The van der Waals surface area contributed by atoms with Gasteiger partial charge in [0.25, 0.3) is 0 Å². The fourth-order valence-electron chi connectivity index (χ4n) is 2.29. The van der Waals surface area contributed by atoms with Gasteiger partial charge in [-0.1, -0.05) is 12.1 Å². The molecule has 3 aromatic rings. The molecule has 0 amide bonds.